The smallest absolute Gasteiger partial charge is 0.258 e. The van der Waals surface area contributed by atoms with Crippen molar-refractivity contribution in [1.82, 2.24) is 9.80 Å². The summed E-state index contributed by atoms with van der Waals surface area (Å²) in [7, 11) is 2.06. The molecule has 2 aliphatic rings. The number of carbonyl (C=O) groups is 2. The molecule has 0 spiro atoms. The molecule has 0 bridgehead atoms. The van der Waals surface area contributed by atoms with E-state index >= 15 is 0 Å². The molecule has 0 aromatic heterocycles. The maximum Gasteiger partial charge on any atom is 0.258 e. The van der Waals surface area contributed by atoms with E-state index < -0.39 is 6.04 Å². The highest BCUT2D eigenvalue weighted by atomic mass is 16.7. The fourth-order valence-electron chi connectivity index (χ4n) is 5.98. The molecule has 47 heavy (non-hydrogen) atoms. The summed E-state index contributed by atoms with van der Waals surface area (Å²) in [5.74, 6) is 1.37. The second-order valence-electron chi connectivity index (χ2n) is 12.7. The van der Waals surface area contributed by atoms with Gasteiger partial charge in [0, 0.05) is 43.4 Å². The average Bonchev–Trinajstić information content (AvgIpc) is 3.54. The zero-order valence-electron chi connectivity index (χ0n) is 27.8. The molecule has 2 heterocycles. The number of nitrogens with zero attached hydrogens (tertiary/aromatic N) is 2. The predicted molar refractivity (Wildman–Crippen MR) is 180 cm³/mol. The van der Waals surface area contributed by atoms with Gasteiger partial charge in [-0.15, -0.1) is 0 Å². The van der Waals surface area contributed by atoms with Crippen LogP contribution in [-0.4, -0.2) is 85.1 Å². The van der Waals surface area contributed by atoms with E-state index in [1.54, 1.807) is 47.4 Å². The van der Waals surface area contributed by atoms with E-state index in [0.717, 1.165) is 36.3 Å². The SMILES string of the molecule is C[C@H](CO)N1C[C@H](C)[C@H](CN(C)Cc2ccc3c(c2)OCO3)OCCCC[C@H](C)Oc2ccc(NC(=O)c3ccccc3)cc2C1=O. The Morgan fingerprint density at radius 2 is 1.79 bits per heavy atom. The molecule has 10 nitrogen and oxygen atoms in total. The fourth-order valence-corrected chi connectivity index (χ4v) is 5.98. The minimum Gasteiger partial charge on any atom is -0.490 e. The fraction of sp³-hybridized carbons (Fsp3) is 0.459. The molecule has 5 rings (SSSR count). The quantitative estimate of drug-likeness (QED) is 0.326. The largest absolute Gasteiger partial charge is 0.490 e. The second-order valence-corrected chi connectivity index (χ2v) is 12.7. The van der Waals surface area contributed by atoms with Gasteiger partial charge in [-0.3, -0.25) is 14.5 Å². The second kappa shape index (κ2) is 16.1. The zero-order valence-corrected chi connectivity index (χ0v) is 27.8. The molecule has 0 fully saturated rings. The third-order valence-corrected chi connectivity index (χ3v) is 8.73. The number of hydrogen-bond acceptors (Lipinski definition) is 8. The molecule has 0 saturated heterocycles. The first-order valence-electron chi connectivity index (χ1n) is 16.5. The Balaban J connectivity index is 1.38. The topological polar surface area (TPSA) is 110 Å². The van der Waals surface area contributed by atoms with Crippen LogP contribution in [0.25, 0.3) is 0 Å². The van der Waals surface area contributed by atoms with Crippen molar-refractivity contribution in [2.24, 2.45) is 5.92 Å². The van der Waals surface area contributed by atoms with Gasteiger partial charge in [-0.05, 0) is 88.2 Å². The van der Waals surface area contributed by atoms with Gasteiger partial charge in [0.05, 0.1) is 30.4 Å². The Hall–Kier alpha value is -4.12. The minimum atomic E-state index is -0.460. The zero-order chi connectivity index (χ0) is 33.3. The van der Waals surface area contributed by atoms with Gasteiger partial charge in [0.15, 0.2) is 11.5 Å². The lowest BCUT2D eigenvalue weighted by Crippen LogP contribution is -2.47. The molecule has 0 radical (unpaired) electrons. The summed E-state index contributed by atoms with van der Waals surface area (Å²) in [5, 5.41) is 13.2. The van der Waals surface area contributed by atoms with Gasteiger partial charge in [0.2, 0.25) is 6.79 Å². The van der Waals surface area contributed by atoms with Crippen LogP contribution in [0.1, 0.15) is 66.3 Å². The number of nitrogens with one attached hydrogen (secondary N) is 1. The Kier molecular flexibility index (Phi) is 11.7. The Morgan fingerprint density at radius 1 is 1.02 bits per heavy atom. The molecule has 2 amide bonds. The molecule has 252 valence electrons. The van der Waals surface area contributed by atoms with Crippen LogP contribution in [-0.2, 0) is 11.3 Å². The van der Waals surface area contributed by atoms with Crippen molar-refractivity contribution in [1.29, 1.82) is 0 Å². The van der Waals surface area contributed by atoms with Crippen LogP contribution in [0.3, 0.4) is 0 Å². The molecular weight excluding hydrogens is 598 g/mol. The van der Waals surface area contributed by atoms with Crippen molar-refractivity contribution in [3.63, 3.8) is 0 Å². The molecular formula is C37H47N3O7. The first-order chi connectivity index (χ1) is 22.7. The molecule has 2 N–H and O–H groups in total. The van der Waals surface area contributed by atoms with Gasteiger partial charge in [-0.25, -0.2) is 0 Å². The Morgan fingerprint density at radius 3 is 2.57 bits per heavy atom. The van der Waals surface area contributed by atoms with Crippen LogP contribution >= 0.6 is 0 Å². The number of amides is 2. The molecule has 0 saturated carbocycles. The van der Waals surface area contributed by atoms with E-state index in [-0.39, 0.29) is 43.3 Å². The highest BCUT2D eigenvalue weighted by Gasteiger charge is 2.30. The van der Waals surface area contributed by atoms with Crippen molar-refractivity contribution in [3.8, 4) is 17.2 Å². The lowest BCUT2D eigenvalue weighted by molar-refractivity contribution is -0.0177. The average molecular weight is 646 g/mol. The minimum absolute atomic E-state index is 0.0562. The van der Waals surface area contributed by atoms with Gasteiger partial charge < -0.3 is 34.3 Å². The maximum absolute atomic E-state index is 14.4. The number of anilines is 1. The molecule has 0 aliphatic carbocycles. The van der Waals surface area contributed by atoms with E-state index in [2.05, 4.69) is 24.2 Å². The Labute approximate surface area is 277 Å². The van der Waals surface area contributed by atoms with Gasteiger partial charge in [0.1, 0.15) is 5.75 Å². The highest BCUT2D eigenvalue weighted by molar-refractivity contribution is 6.05. The summed E-state index contributed by atoms with van der Waals surface area (Å²) in [6.07, 6.45) is 2.29. The monoisotopic (exact) mass is 645 g/mol. The van der Waals surface area contributed by atoms with Crippen molar-refractivity contribution in [2.45, 2.75) is 64.8 Å². The summed E-state index contributed by atoms with van der Waals surface area (Å²) >= 11 is 0. The standard InChI is InChI=1S/C37H47N3O7/c1-25-20-40(26(2)23-41)37(43)31-19-30(38-36(42)29-11-6-5-7-12-29)14-16-32(31)47-27(3)10-8-9-17-44-35(25)22-39(4)21-28-13-15-33-34(18-28)46-24-45-33/h5-7,11-16,18-19,25-27,35,41H,8-10,17,20-24H2,1-4H3,(H,38,42)/t25-,26+,27-,35-/m0/s1. The number of likely N-dealkylation sites (N-methyl/N-ethyl adjacent to an activating group) is 1. The van der Waals surface area contributed by atoms with Crippen LogP contribution in [0.2, 0.25) is 0 Å². The number of fused-ring (bicyclic) bond motifs is 2. The van der Waals surface area contributed by atoms with Crippen LogP contribution in [0.15, 0.2) is 66.7 Å². The van der Waals surface area contributed by atoms with Gasteiger partial charge in [0.25, 0.3) is 11.8 Å². The van der Waals surface area contributed by atoms with E-state index in [0.29, 0.717) is 48.8 Å². The first-order valence-corrected chi connectivity index (χ1v) is 16.5. The first kappa shape index (κ1) is 34.2. The van der Waals surface area contributed by atoms with E-state index in [1.165, 1.54) is 0 Å². The molecule has 10 heteroatoms. The third kappa shape index (κ3) is 9.03. The van der Waals surface area contributed by atoms with Crippen molar-refractivity contribution >= 4 is 17.5 Å². The van der Waals surface area contributed by atoms with E-state index in [9.17, 15) is 14.7 Å². The van der Waals surface area contributed by atoms with Crippen molar-refractivity contribution in [2.75, 3.05) is 45.5 Å². The summed E-state index contributed by atoms with van der Waals surface area (Å²) in [6.45, 7) is 8.26. The predicted octanol–water partition coefficient (Wildman–Crippen LogP) is 5.60. The molecule has 0 unspecified atom stereocenters. The number of carbonyl (C=O) groups excluding carboxylic acids is 2. The molecule has 3 aromatic rings. The van der Waals surface area contributed by atoms with Crippen LogP contribution < -0.4 is 19.5 Å². The van der Waals surface area contributed by atoms with Crippen LogP contribution in [0.5, 0.6) is 17.2 Å². The molecule has 3 aromatic carbocycles. The van der Waals surface area contributed by atoms with Gasteiger partial charge in [-0.2, -0.15) is 0 Å². The lowest BCUT2D eigenvalue weighted by Gasteiger charge is -2.36. The summed E-state index contributed by atoms with van der Waals surface area (Å²) in [5.41, 5.74) is 2.45. The van der Waals surface area contributed by atoms with E-state index in [4.69, 9.17) is 18.9 Å². The number of rotatable bonds is 8. The highest BCUT2D eigenvalue weighted by Crippen LogP contribution is 2.33. The van der Waals surface area contributed by atoms with Crippen molar-refractivity contribution in [3.05, 3.63) is 83.4 Å². The summed E-state index contributed by atoms with van der Waals surface area (Å²) in [6, 6.07) is 19.6. The van der Waals surface area contributed by atoms with Crippen molar-refractivity contribution < 1.29 is 33.6 Å². The number of aliphatic hydroxyl groups is 1. The lowest BCUT2D eigenvalue weighted by atomic mass is 10.0. The number of benzene rings is 3. The van der Waals surface area contributed by atoms with Gasteiger partial charge in [-0.1, -0.05) is 31.2 Å². The number of ether oxygens (including phenoxy) is 4. The maximum atomic E-state index is 14.4. The third-order valence-electron chi connectivity index (χ3n) is 8.73. The number of hydrogen-bond donors (Lipinski definition) is 2. The molecule has 2 aliphatic heterocycles. The van der Waals surface area contributed by atoms with Crippen LogP contribution in [0.4, 0.5) is 5.69 Å². The van der Waals surface area contributed by atoms with Crippen LogP contribution in [0, 0.1) is 5.92 Å². The van der Waals surface area contributed by atoms with Gasteiger partial charge >= 0.3 is 0 Å². The molecule has 4 atom stereocenters. The number of aliphatic hydroxyl groups excluding tert-OH is 1. The van der Waals surface area contributed by atoms with E-state index in [1.807, 2.05) is 38.1 Å². The summed E-state index contributed by atoms with van der Waals surface area (Å²) < 4.78 is 23.9. The normalized spacial score (nSPS) is 21.0. The Bertz CT molecular complexity index is 1500. The summed E-state index contributed by atoms with van der Waals surface area (Å²) in [4.78, 5) is 31.2.